The van der Waals surface area contributed by atoms with Crippen molar-refractivity contribution in [2.24, 2.45) is 0 Å². The molecule has 1 aliphatic heterocycles. The molecule has 0 bridgehead atoms. The van der Waals surface area contributed by atoms with Crippen molar-refractivity contribution in [1.82, 2.24) is 5.32 Å². The molecule has 1 saturated heterocycles. The van der Waals surface area contributed by atoms with E-state index in [-0.39, 0.29) is 11.7 Å². The highest BCUT2D eigenvalue weighted by Gasteiger charge is 2.38. The van der Waals surface area contributed by atoms with E-state index in [1.165, 1.54) is 6.42 Å². The molecule has 2 unspecified atom stereocenters. The Balaban J connectivity index is 2.48. The first kappa shape index (κ1) is 13.9. The molecule has 0 spiro atoms. The van der Waals surface area contributed by atoms with E-state index in [1.807, 2.05) is 0 Å². The molecule has 1 rings (SSSR count). The molecule has 0 aromatic heterocycles. The number of hydrogen-bond acceptors (Lipinski definition) is 3. The summed E-state index contributed by atoms with van der Waals surface area (Å²) in [5, 5.41) is 3.56. The van der Waals surface area contributed by atoms with Gasteiger partial charge in [0.1, 0.15) is 0 Å². The van der Waals surface area contributed by atoms with E-state index in [9.17, 15) is 0 Å². The highest BCUT2D eigenvalue weighted by molar-refractivity contribution is 4.92. The summed E-state index contributed by atoms with van der Waals surface area (Å²) in [5.41, 5.74) is -0.0376. The van der Waals surface area contributed by atoms with Crippen LogP contribution in [0.2, 0.25) is 0 Å². The third-order valence-corrected chi connectivity index (χ3v) is 3.22. The van der Waals surface area contributed by atoms with Gasteiger partial charge in [0.25, 0.3) is 0 Å². The molecule has 1 heterocycles. The highest BCUT2D eigenvalue weighted by Crippen LogP contribution is 2.29. The molecule has 16 heavy (non-hydrogen) atoms. The molecule has 1 fully saturated rings. The largest absolute Gasteiger partial charge is 0.377 e. The zero-order chi connectivity index (χ0) is 12.0. The van der Waals surface area contributed by atoms with Crippen LogP contribution in [0.25, 0.3) is 0 Å². The van der Waals surface area contributed by atoms with Crippen molar-refractivity contribution in [3.63, 3.8) is 0 Å². The number of ether oxygens (including phenoxy) is 2. The Bertz CT molecular complexity index is 188. The fourth-order valence-corrected chi connectivity index (χ4v) is 2.13. The molecule has 3 heteroatoms. The molecular formula is C13H27NO2. The first-order valence-electron chi connectivity index (χ1n) is 6.57. The van der Waals surface area contributed by atoms with Crippen LogP contribution < -0.4 is 5.32 Å². The maximum Gasteiger partial charge on any atom is 0.0830 e. The van der Waals surface area contributed by atoms with Gasteiger partial charge in [0.05, 0.1) is 24.4 Å². The van der Waals surface area contributed by atoms with Crippen LogP contribution in [0.3, 0.4) is 0 Å². The van der Waals surface area contributed by atoms with Crippen LogP contribution in [-0.2, 0) is 9.47 Å². The normalized spacial score (nSPS) is 27.6. The molecule has 96 valence electrons. The zero-order valence-corrected chi connectivity index (χ0v) is 11.2. The second kappa shape index (κ2) is 6.58. The Hall–Kier alpha value is -0.120. The first-order chi connectivity index (χ1) is 7.58. The van der Waals surface area contributed by atoms with Gasteiger partial charge in [-0.2, -0.15) is 0 Å². The predicted molar refractivity (Wildman–Crippen MR) is 66.8 cm³/mol. The first-order valence-corrected chi connectivity index (χ1v) is 6.57. The van der Waals surface area contributed by atoms with Crippen LogP contribution in [0.1, 0.15) is 47.0 Å². The smallest absolute Gasteiger partial charge is 0.0830 e. The monoisotopic (exact) mass is 229 g/mol. The van der Waals surface area contributed by atoms with Crippen LogP contribution in [0.15, 0.2) is 0 Å². The van der Waals surface area contributed by atoms with E-state index in [4.69, 9.17) is 9.47 Å². The quantitative estimate of drug-likeness (QED) is 0.727. The Kier molecular flexibility index (Phi) is 5.73. The van der Waals surface area contributed by atoms with Crippen molar-refractivity contribution in [3.8, 4) is 0 Å². The highest BCUT2D eigenvalue weighted by atomic mass is 16.5. The van der Waals surface area contributed by atoms with Crippen molar-refractivity contribution < 1.29 is 9.47 Å². The third kappa shape index (κ3) is 4.04. The number of rotatable bonds is 7. The maximum absolute atomic E-state index is 5.89. The van der Waals surface area contributed by atoms with Crippen molar-refractivity contribution in [1.29, 1.82) is 0 Å². The lowest BCUT2D eigenvalue weighted by molar-refractivity contribution is -0.0487. The summed E-state index contributed by atoms with van der Waals surface area (Å²) in [4.78, 5) is 0. The van der Waals surface area contributed by atoms with Gasteiger partial charge in [0, 0.05) is 6.61 Å². The Labute approximate surface area is 99.9 Å². The van der Waals surface area contributed by atoms with E-state index in [2.05, 4.69) is 33.0 Å². The lowest BCUT2D eigenvalue weighted by Gasteiger charge is -2.34. The average molecular weight is 229 g/mol. The summed E-state index contributed by atoms with van der Waals surface area (Å²) in [6.45, 7) is 11.2. The van der Waals surface area contributed by atoms with Gasteiger partial charge in [-0.3, -0.25) is 0 Å². The van der Waals surface area contributed by atoms with Gasteiger partial charge < -0.3 is 14.8 Å². The average Bonchev–Trinajstić information content (AvgIpc) is 2.65. The predicted octanol–water partition coefficient (Wildman–Crippen LogP) is 2.35. The Morgan fingerprint density at radius 1 is 1.44 bits per heavy atom. The minimum Gasteiger partial charge on any atom is -0.377 e. The number of hydrogen-bond donors (Lipinski definition) is 1. The van der Waals surface area contributed by atoms with Crippen LogP contribution in [0.4, 0.5) is 0 Å². The summed E-state index contributed by atoms with van der Waals surface area (Å²) in [5.74, 6) is 0. The Morgan fingerprint density at radius 3 is 2.69 bits per heavy atom. The fraction of sp³-hybridized carbons (Fsp3) is 1.00. The van der Waals surface area contributed by atoms with Gasteiger partial charge in [-0.25, -0.2) is 0 Å². The van der Waals surface area contributed by atoms with Gasteiger partial charge in [-0.05, 0) is 46.6 Å². The Morgan fingerprint density at radius 2 is 2.19 bits per heavy atom. The third-order valence-electron chi connectivity index (χ3n) is 3.22. The molecule has 0 saturated carbocycles. The molecule has 0 aliphatic carbocycles. The zero-order valence-electron chi connectivity index (χ0n) is 11.2. The van der Waals surface area contributed by atoms with Crippen molar-refractivity contribution >= 4 is 0 Å². The minimum atomic E-state index is -0.0376. The maximum atomic E-state index is 5.89. The minimum absolute atomic E-state index is 0.0376. The molecule has 0 amide bonds. The fourth-order valence-electron chi connectivity index (χ4n) is 2.13. The van der Waals surface area contributed by atoms with E-state index in [1.54, 1.807) is 0 Å². The van der Waals surface area contributed by atoms with E-state index in [0.717, 1.165) is 32.6 Å². The van der Waals surface area contributed by atoms with Gasteiger partial charge in [0.15, 0.2) is 0 Å². The van der Waals surface area contributed by atoms with E-state index >= 15 is 0 Å². The van der Waals surface area contributed by atoms with Gasteiger partial charge in [-0.15, -0.1) is 0 Å². The lowest BCUT2D eigenvalue weighted by atomic mass is 9.93. The van der Waals surface area contributed by atoms with Crippen LogP contribution in [0.5, 0.6) is 0 Å². The summed E-state index contributed by atoms with van der Waals surface area (Å²) < 4.78 is 11.6. The van der Waals surface area contributed by atoms with E-state index in [0.29, 0.717) is 6.04 Å². The van der Waals surface area contributed by atoms with Crippen LogP contribution in [-0.4, -0.2) is 37.5 Å². The van der Waals surface area contributed by atoms with Gasteiger partial charge >= 0.3 is 0 Å². The van der Waals surface area contributed by atoms with E-state index < -0.39 is 0 Å². The van der Waals surface area contributed by atoms with Gasteiger partial charge in [-0.1, -0.05) is 6.92 Å². The topological polar surface area (TPSA) is 30.5 Å². The summed E-state index contributed by atoms with van der Waals surface area (Å²) in [7, 11) is 0. The molecule has 2 atom stereocenters. The summed E-state index contributed by atoms with van der Waals surface area (Å²) >= 11 is 0. The summed E-state index contributed by atoms with van der Waals surface area (Å²) in [6.07, 6.45) is 3.74. The van der Waals surface area contributed by atoms with Crippen molar-refractivity contribution in [2.75, 3.05) is 19.8 Å². The standard InChI is InChI=1S/C13H27NO2/c1-5-8-14-12(10-15-11(2)3)13(4)7-6-9-16-13/h11-12,14H,5-10H2,1-4H3. The number of nitrogens with one attached hydrogen (secondary N) is 1. The second-order valence-corrected chi connectivity index (χ2v) is 5.15. The second-order valence-electron chi connectivity index (χ2n) is 5.15. The summed E-state index contributed by atoms with van der Waals surface area (Å²) in [6, 6.07) is 0.317. The molecule has 0 aromatic carbocycles. The molecule has 3 nitrogen and oxygen atoms in total. The molecule has 0 radical (unpaired) electrons. The molecule has 0 aromatic rings. The van der Waals surface area contributed by atoms with Crippen molar-refractivity contribution in [2.45, 2.75) is 64.7 Å². The van der Waals surface area contributed by atoms with Crippen LogP contribution >= 0.6 is 0 Å². The molecule has 1 aliphatic rings. The van der Waals surface area contributed by atoms with Gasteiger partial charge in [0.2, 0.25) is 0 Å². The SMILES string of the molecule is CCCNC(COC(C)C)C1(C)CCCO1. The molecule has 1 N–H and O–H groups in total. The lowest BCUT2D eigenvalue weighted by Crippen LogP contribution is -2.51. The van der Waals surface area contributed by atoms with Crippen molar-refractivity contribution in [3.05, 3.63) is 0 Å². The molecular weight excluding hydrogens is 202 g/mol. The van der Waals surface area contributed by atoms with Crippen LogP contribution in [0, 0.1) is 0 Å².